The van der Waals surface area contributed by atoms with Gasteiger partial charge in [0.1, 0.15) is 0 Å². The highest BCUT2D eigenvalue weighted by molar-refractivity contribution is 5.95. The second kappa shape index (κ2) is 5.09. The van der Waals surface area contributed by atoms with Gasteiger partial charge in [0.05, 0.1) is 11.9 Å². The quantitative estimate of drug-likeness (QED) is 0.893. The van der Waals surface area contributed by atoms with Crippen molar-refractivity contribution in [2.45, 2.75) is 13.3 Å². The average Bonchev–Trinajstić information content (AvgIpc) is 3.05. The van der Waals surface area contributed by atoms with Gasteiger partial charge in [-0.1, -0.05) is 12.1 Å². The van der Waals surface area contributed by atoms with Crippen LogP contribution in [0.2, 0.25) is 0 Å². The van der Waals surface area contributed by atoms with Gasteiger partial charge in [0.25, 0.3) is 0 Å². The summed E-state index contributed by atoms with van der Waals surface area (Å²) in [5, 5.41) is 16.1. The van der Waals surface area contributed by atoms with Crippen LogP contribution in [0.25, 0.3) is 11.3 Å². The van der Waals surface area contributed by atoms with Crippen LogP contribution in [0.1, 0.15) is 12.0 Å². The van der Waals surface area contributed by atoms with Gasteiger partial charge in [-0.25, -0.2) is 0 Å². The smallest absolute Gasteiger partial charge is 0.227 e. The lowest BCUT2D eigenvalue weighted by Crippen LogP contribution is -2.24. The Morgan fingerprint density at radius 3 is 2.70 bits per heavy atom. The Morgan fingerprint density at radius 1 is 1.40 bits per heavy atom. The summed E-state index contributed by atoms with van der Waals surface area (Å²) in [5.41, 5.74) is 4.02. The first-order valence-electron chi connectivity index (χ1n) is 6.70. The minimum Gasteiger partial charge on any atom is -0.396 e. The highest BCUT2D eigenvalue weighted by atomic mass is 16.3. The fourth-order valence-electron chi connectivity index (χ4n) is 2.60. The van der Waals surface area contributed by atoms with E-state index in [1.165, 1.54) is 0 Å². The molecule has 5 nitrogen and oxygen atoms in total. The first kappa shape index (κ1) is 12.9. The Bertz CT molecular complexity index is 618. The van der Waals surface area contributed by atoms with Gasteiger partial charge in [0, 0.05) is 31.2 Å². The van der Waals surface area contributed by atoms with E-state index in [4.69, 9.17) is 5.11 Å². The van der Waals surface area contributed by atoms with Crippen molar-refractivity contribution in [1.29, 1.82) is 0 Å². The van der Waals surface area contributed by atoms with E-state index in [9.17, 15) is 4.79 Å². The lowest BCUT2D eigenvalue weighted by atomic mass is 10.1. The zero-order chi connectivity index (χ0) is 14.1. The van der Waals surface area contributed by atoms with Crippen LogP contribution in [0.4, 0.5) is 5.69 Å². The summed E-state index contributed by atoms with van der Waals surface area (Å²) in [4.78, 5) is 13.7. The third-order valence-electron chi connectivity index (χ3n) is 3.76. The summed E-state index contributed by atoms with van der Waals surface area (Å²) < 4.78 is 0. The van der Waals surface area contributed by atoms with Gasteiger partial charge in [0.15, 0.2) is 0 Å². The molecule has 1 aliphatic rings. The van der Waals surface area contributed by atoms with Crippen LogP contribution < -0.4 is 4.90 Å². The van der Waals surface area contributed by atoms with Crippen molar-refractivity contribution in [2.75, 3.05) is 18.1 Å². The topological polar surface area (TPSA) is 69.2 Å². The monoisotopic (exact) mass is 271 g/mol. The number of carbonyl (C=O) groups is 1. The maximum absolute atomic E-state index is 11.9. The van der Waals surface area contributed by atoms with E-state index >= 15 is 0 Å². The molecule has 1 amide bonds. The molecule has 0 spiro atoms. The van der Waals surface area contributed by atoms with Gasteiger partial charge < -0.3 is 10.0 Å². The zero-order valence-corrected chi connectivity index (χ0v) is 11.3. The highest BCUT2D eigenvalue weighted by Crippen LogP contribution is 2.28. The van der Waals surface area contributed by atoms with Gasteiger partial charge in [-0.15, -0.1) is 0 Å². The average molecular weight is 271 g/mol. The van der Waals surface area contributed by atoms with Gasteiger partial charge >= 0.3 is 0 Å². The number of carbonyl (C=O) groups excluding carboxylic acids is 1. The number of anilines is 1. The third-order valence-corrected chi connectivity index (χ3v) is 3.76. The lowest BCUT2D eigenvalue weighted by molar-refractivity contribution is -0.117. The summed E-state index contributed by atoms with van der Waals surface area (Å²) in [7, 11) is 0. The summed E-state index contributed by atoms with van der Waals surface area (Å²) in [6.07, 6.45) is 2.22. The summed E-state index contributed by atoms with van der Waals surface area (Å²) >= 11 is 0. The first-order valence-corrected chi connectivity index (χ1v) is 6.70. The number of nitrogens with one attached hydrogen (secondary N) is 1. The number of aromatic nitrogens is 2. The molecule has 20 heavy (non-hydrogen) atoms. The van der Waals surface area contributed by atoms with E-state index in [0.29, 0.717) is 13.0 Å². The van der Waals surface area contributed by atoms with Crippen LogP contribution in [0.15, 0.2) is 30.5 Å². The molecule has 104 valence electrons. The number of hydrogen-bond donors (Lipinski definition) is 2. The number of nitrogens with zero attached hydrogens (tertiary/aromatic N) is 2. The van der Waals surface area contributed by atoms with E-state index in [2.05, 4.69) is 10.2 Å². The summed E-state index contributed by atoms with van der Waals surface area (Å²) in [6.45, 7) is 2.66. The van der Waals surface area contributed by atoms with Crippen molar-refractivity contribution in [2.24, 2.45) is 5.92 Å². The van der Waals surface area contributed by atoms with Gasteiger partial charge in [-0.05, 0) is 30.2 Å². The number of benzene rings is 1. The van der Waals surface area contributed by atoms with Crippen molar-refractivity contribution >= 4 is 11.6 Å². The Kier molecular flexibility index (Phi) is 3.28. The van der Waals surface area contributed by atoms with E-state index < -0.39 is 0 Å². The highest BCUT2D eigenvalue weighted by Gasteiger charge is 2.29. The largest absolute Gasteiger partial charge is 0.396 e. The number of aliphatic hydroxyl groups excluding tert-OH is 1. The molecule has 1 saturated heterocycles. The molecular formula is C15H17N3O2. The van der Waals surface area contributed by atoms with Crippen LogP contribution in [-0.2, 0) is 4.79 Å². The Hall–Kier alpha value is -2.14. The van der Waals surface area contributed by atoms with E-state index in [0.717, 1.165) is 22.5 Å². The minimum atomic E-state index is 0.0528. The van der Waals surface area contributed by atoms with Crippen LogP contribution in [-0.4, -0.2) is 34.4 Å². The Balaban J connectivity index is 1.84. The number of rotatable bonds is 3. The number of H-pyrrole nitrogens is 1. The van der Waals surface area contributed by atoms with Crippen LogP contribution >= 0.6 is 0 Å². The molecule has 0 saturated carbocycles. The van der Waals surface area contributed by atoms with E-state index in [-0.39, 0.29) is 18.4 Å². The predicted molar refractivity (Wildman–Crippen MR) is 76.3 cm³/mol. The molecule has 1 fully saturated rings. The molecule has 1 aliphatic heterocycles. The molecule has 1 aromatic heterocycles. The Labute approximate surface area is 117 Å². The Morgan fingerprint density at radius 2 is 2.15 bits per heavy atom. The van der Waals surface area contributed by atoms with Crippen molar-refractivity contribution < 1.29 is 9.90 Å². The molecule has 2 aromatic rings. The standard InChI is InChI=1S/C15H17N3O2/c1-10-7-16-17-15(10)12-2-4-13(5-3-12)18-8-11(9-19)6-14(18)20/h2-5,7,11,19H,6,8-9H2,1H3,(H,16,17). The second-order valence-corrected chi connectivity index (χ2v) is 5.23. The molecule has 2 N–H and O–H groups in total. The lowest BCUT2D eigenvalue weighted by Gasteiger charge is -2.16. The summed E-state index contributed by atoms with van der Waals surface area (Å²) in [6, 6.07) is 7.84. The van der Waals surface area contributed by atoms with Gasteiger partial charge in [-0.2, -0.15) is 5.10 Å². The van der Waals surface area contributed by atoms with Gasteiger partial charge in [0.2, 0.25) is 5.91 Å². The molecule has 0 radical (unpaired) electrons. The summed E-state index contributed by atoms with van der Waals surface area (Å²) in [5.74, 6) is 0.131. The molecule has 3 rings (SSSR count). The molecule has 1 atom stereocenters. The van der Waals surface area contributed by atoms with Gasteiger partial charge in [-0.3, -0.25) is 9.89 Å². The molecular weight excluding hydrogens is 254 g/mol. The second-order valence-electron chi connectivity index (χ2n) is 5.23. The van der Waals surface area contributed by atoms with Crippen molar-refractivity contribution in [3.8, 4) is 11.3 Å². The first-order chi connectivity index (χ1) is 9.69. The number of aliphatic hydroxyl groups is 1. The van der Waals surface area contributed by atoms with Crippen molar-refractivity contribution in [1.82, 2.24) is 10.2 Å². The maximum atomic E-state index is 11.9. The molecule has 0 aliphatic carbocycles. The fourth-order valence-corrected chi connectivity index (χ4v) is 2.60. The minimum absolute atomic E-state index is 0.0528. The molecule has 5 heteroatoms. The van der Waals surface area contributed by atoms with Crippen LogP contribution in [0.3, 0.4) is 0 Å². The number of hydrogen-bond acceptors (Lipinski definition) is 3. The fraction of sp³-hybridized carbons (Fsp3) is 0.333. The normalized spacial score (nSPS) is 18.8. The molecule has 1 unspecified atom stereocenters. The number of aryl methyl sites for hydroxylation is 1. The van der Waals surface area contributed by atoms with Crippen LogP contribution in [0.5, 0.6) is 0 Å². The number of aromatic amines is 1. The zero-order valence-electron chi connectivity index (χ0n) is 11.3. The molecule has 0 bridgehead atoms. The van der Waals surface area contributed by atoms with E-state index in [1.807, 2.05) is 31.2 Å². The van der Waals surface area contributed by atoms with Crippen molar-refractivity contribution in [3.63, 3.8) is 0 Å². The van der Waals surface area contributed by atoms with E-state index in [1.54, 1.807) is 11.1 Å². The van der Waals surface area contributed by atoms with Crippen molar-refractivity contribution in [3.05, 3.63) is 36.0 Å². The molecule has 2 heterocycles. The predicted octanol–water partition coefficient (Wildman–Crippen LogP) is 1.73. The van der Waals surface area contributed by atoms with Crippen LogP contribution in [0, 0.1) is 12.8 Å². The SMILES string of the molecule is Cc1cn[nH]c1-c1ccc(N2CC(CO)CC2=O)cc1. The maximum Gasteiger partial charge on any atom is 0.227 e. The third kappa shape index (κ3) is 2.20. The molecule has 1 aromatic carbocycles. The number of amides is 1.